The molecule has 3 aliphatic rings. The van der Waals surface area contributed by atoms with Crippen LogP contribution in [0.3, 0.4) is 0 Å². The van der Waals surface area contributed by atoms with Crippen LogP contribution in [-0.2, 0) is 4.79 Å². The first-order valence-corrected chi connectivity index (χ1v) is 10.2. The van der Waals surface area contributed by atoms with Gasteiger partial charge in [-0.15, -0.1) is 0 Å². The summed E-state index contributed by atoms with van der Waals surface area (Å²) in [6, 6.07) is 5.99. The third kappa shape index (κ3) is 5.42. The van der Waals surface area contributed by atoms with Crippen molar-refractivity contribution in [2.75, 3.05) is 39.8 Å². The number of likely N-dealkylation sites (tertiary alicyclic amines) is 1. The fourth-order valence-corrected chi connectivity index (χ4v) is 4.15. The molecule has 1 saturated carbocycles. The summed E-state index contributed by atoms with van der Waals surface area (Å²) < 4.78 is 12.0. The van der Waals surface area contributed by atoms with Crippen LogP contribution in [-0.4, -0.2) is 77.6 Å². The number of nitrogens with zero attached hydrogens (tertiary/aromatic N) is 3. The number of hydrogen-bond donors (Lipinski definition) is 1. The van der Waals surface area contributed by atoms with E-state index in [0.717, 1.165) is 45.1 Å². The summed E-state index contributed by atoms with van der Waals surface area (Å²) in [5, 5.41) is 8.59. The Kier molecular flexibility index (Phi) is 7.07. The van der Waals surface area contributed by atoms with Crippen LogP contribution < -0.4 is 0 Å². The van der Waals surface area contributed by atoms with Crippen LogP contribution >= 0.6 is 0 Å². The molecule has 27 heavy (non-hydrogen) atoms. The van der Waals surface area contributed by atoms with Crippen molar-refractivity contribution in [3.8, 4) is 5.75 Å². The minimum atomic E-state index is -0.331. The number of halogens is 1. The number of aromatic hydroxyl groups is 1. The predicted molar refractivity (Wildman–Crippen MR) is 104 cm³/mol. The monoisotopic (exact) mass is 377 g/mol. The predicted octanol–water partition coefficient (Wildman–Crippen LogP) is 2.70. The molecule has 0 bridgehead atoms. The molecule has 150 valence electrons. The van der Waals surface area contributed by atoms with Crippen LogP contribution in [0.2, 0.25) is 0 Å². The van der Waals surface area contributed by atoms with Gasteiger partial charge in [-0.1, -0.05) is 6.42 Å². The van der Waals surface area contributed by atoms with Gasteiger partial charge in [0.2, 0.25) is 5.91 Å². The van der Waals surface area contributed by atoms with E-state index >= 15 is 0 Å². The molecule has 1 atom stereocenters. The Labute approximate surface area is 161 Å². The molecule has 0 aromatic heterocycles. The molecule has 5 nitrogen and oxygen atoms in total. The Bertz CT molecular complexity index is 585. The zero-order valence-electron chi connectivity index (χ0n) is 16.3. The number of carbonyl (C=O) groups excluding carboxylic acids is 1. The van der Waals surface area contributed by atoms with Crippen molar-refractivity contribution in [3.63, 3.8) is 0 Å². The normalized spacial score (nSPS) is 24.7. The van der Waals surface area contributed by atoms with Crippen molar-refractivity contribution < 1.29 is 14.3 Å². The van der Waals surface area contributed by atoms with Gasteiger partial charge in [-0.3, -0.25) is 14.6 Å². The highest BCUT2D eigenvalue weighted by molar-refractivity contribution is 5.82. The van der Waals surface area contributed by atoms with E-state index in [4.69, 9.17) is 5.11 Å². The van der Waals surface area contributed by atoms with Crippen molar-refractivity contribution in [1.29, 1.82) is 0 Å². The molecule has 1 aromatic rings. The second-order valence-electron chi connectivity index (χ2n) is 7.91. The molecule has 1 aromatic carbocycles. The van der Waals surface area contributed by atoms with Gasteiger partial charge in [-0.2, -0.15) is 0 Å². The smallest absolute Gasteiger partial charge is 0.239 e. The Balaban J connectivity index is 0.000000221. The van der Waals surface area contributed by atoms with Gasteiger partial charge in [0.15, 0.2) is 0 Å². The van der Waals surface area contributed by atoms with Gasteiger partial charge in [-0.05, 0) is 70.0 Å². The number of hydrogen-bond acceptors (Lipinski definition) is 4. The zero-order chi connectivity index (χ0) is 19.2. The molecule has 1 aliphatic carbocycles. The summed E-state index contributed by atoms with van der Waals surface area (Å²) in [6.45, 7) is 5.27. The summed E-state index contributed by atoms with van der Waals surface area (Å²) >= 11 is 0. The number of rotatable bonds is 2. The average molecular weight is 378 g/mol. The Morgan fingerprint density at radius 3 is 2.26 bits per heavy atom. The first kappa shape index (κ1) is 20.1. The molecule has 2 heterocycles. The van der Waals surface area contributed by atoms with Crippen LogP contribution in [0, 0.1) is 5.82 Å². The fourth-order valence-electron chi connectivity index (χ4n) is 4.15. The summed E-state index contributed by atoms with van der Waals surface area (Å²) in [5.74, 6) is 0.143. The van der Waals surface area contributed by atoms with Gasteiger partial charge in [0.05, 0.1) is 6.04 Å². The van der Waals surface area contributed by atoms with E-state index in [1.807, 2.05) is 0 Å². The lowest BCUT2D eigenvalue weighted by Gasteiger charge is -2.36. The molecule has 0 spiro atoms. The molecule has 6 heteroatoms. The third-order valence-corrected chi connectivity index (χ3v) is 6.07. The largest absolute Gasteiger partial charge is 0.508 e. The van der Waals surface area contributed by atoms with Crippen LogP contribution in [0.15, 0.2) is 24.3 Å². The highest BCUT2D eigenvalue weighted by Gasteiger charge is 2.33. The van der Waals surface area contributed by atoms with Crippen LogP contribution in [0.4, 0.5) is 4.39 Å². The third-order valence-electron chi connectivity index (χ3n) is 6.07. The molecular formula is C21H32FN3O2. The Hall–Kier alpha value is -1.66. The SMILES string of the molecule is CN1CCC[C@H]1C(=O)N1CCCN(C2CCC2)CC1.Oc1ccc(F)cc1. The summed E-state index contributed by atoms with van der Waals surface area (Å²) in [6.07, 6.45) is 7.53. The van der Waals surface area contributed by atoms with Crippen molar-refractivity contribution >= 4 is 5.91 Å². The first-order valence-electron chi connectivity index (χ1n) is 10.2. The zero-order valence-corrected chi connectivity index (χ0v) is 16.3. The van der Waals surface area contributed by atoms with Crippen LogP contribution in [0.5, 0.6) is 5.75 Å². The molecule has 4 rings (SSSR count). The van der Waals surface area contributed by atoms with Gasteiger partial charge in [-0.25, -0.2) is 4.39 Å². The van der Waals surface area contributed by atoms with Crippen molar-refractivity contribution in [1.82, 2.24) is 14.7 Å². The van der Waals surface area contributed by atoms with Crippen LogP contribution in [0.1, 0.15) is 38.5 Å². The van der Waals surface area contributed by atoms with Gasteiger partial charge in [0, 0.05) is 32.2 Å². The van der Waals surface area contributed by atoms with E-state index < -0.39 is 0 Å². The molecule has 0 radical (unpaired) electrons. The van der Waals surface area contributed by atoms with E-state index in [1.54, 1.807) is 0 Å². The highest BCUT2D eigenvalue weighted by atomic mass is 19.1. The second-order valence-corrected chi connectivity index (χ2v) is 7.91. The van der Waals surface area contributed by atoms with Crippen LogP contribution in [0.25, 0.3) is 0 Å². The highest BCUT2D eigenvalue weighted by Crippen LogP contribution is 2.26. The van der Waals surface area contributed by atoms with E-state index in [-0.39, 0.29) is 17.6 Å². The molecule has 0 unspecified atom stereocenters. The van der Waals surface area contributed by atoms with Crippen molar-refractivity contribution in [2.24, 2.45) is 0 Å². The Morgan fingerprint density at radius 2 is 1.70 bits per heavy atom. The number of likely N-dealkylation sites (N-methyl/N-ethyl adjacent to an activating group) is 1. The molecule has 1 N–H and O–H groups in total. The number of carbonyl (C=O) groups is 1. The van der Waals surface area contributed by atoms with Crippen molar-refractivity contribution in [2.45, 2.75) is 50.6 Å². The summed E-state index contributed by atoms with van der Waals surface area (Å²) in [5.41, 5.74) is 0. The van der Waals surface area contributed by atoms with Crippen molar-refractivity contribution in [3.05, 3.63) is 30.1 Å². The van der Waals surface area contributed by atoms with E-state index in [9.17, 15) is 9.18 Å². The minimum Gasteiger partial charge on any atom is -0.508 e. The molecular weight excluding hydrogens is 345 g/mol. The molecule has 3 fully saturated rings. The fraction of sp³-hybridized carbons (Fsp3) is 0.667. The maximum atomic E-state index is 12.6. The number of phenolic OH excluding ortho intramolecular Hbond substituents is 1. The lowest BCUT2D eigenvalue weighted by atomic mass is 9.91. The van der Waals surface area contributed by atoms with Gasteiger partial charge in [0.1, 0.15) is 11.6 Å². The van der Waals surface area contributed by atoms with Gasteiger partial charge >= 0.3 is 0 Å². The lowest BCUT2D eigenvalue weighted by molar-refractivity contribution is -0.135. The quantitative estimate of drug-likeness (QED) is 0.861. The topological polar surface area (TPSA) is 47.0 Å². The first-order chi connectivity index (χ1) is 13.0. The van der Waals surface area contributed by atoms with Gasteiger partial charge in [0.25, 0.3) is 0 Å². The van der Waals surface area contributed by atoms with E-state index in [2.05, 4.69) is 21.7 Å². The van der Waals surface area contributed by atoms with E-state index in [0.29, 0.717) is 5.91 Å². The minimum absolute atomic E-state index is 0.0893. The maximum absolute atomic E-state index is 12.6. The molecule has 1 amide bonds. The molecule has 2 aliphatic heterocycles. The standard InChI is InChI=1S/C15H27N3O.C6H5FO/c1-16-8-3-7-14(16)15(19)18-10-4-9-17(11-12-18)13-5-2-6-13;7-5-1-3-6(8)4-2-5/h13-14H,2-12H2,1H3;1-4,8H/t14-;/m0./s1. The second kappa shape index (κ2) is 9.51. The summed E-state index contributed by atoms with van der Waals surface area (Å²) in [7, 11) is 2.09. The number of phenols is 1. The van der Waals surface area contributed by atoms with E-state index in [1.165, 1.54) is 56.5 Å². The average Bonchev–Trinajstić information content (AvgIpc) is 2.90. The molecule has 2 saturated heterocycles. The summed E-state index contributed by atoms with van der Waals surface area (Å²) in [4.78, 5) is 19.6. The van der Waals surface area contributed by atoms with Gasteiger partial charge < -0.3 is 10.0 Å². The number of benzene rings is 1. The Morgan fingerprint density at radius 1 is 0.963 bits per heavy atom. The maximum Gasteiger partial charge on any atom is 0.239 e. The number of amides is 1. The lowest BCUT2D eigenvalue weighted by Crippen LogP contribution is -2.46.